The van der Waals surface area contributed by atoms with Crippen molar-refractivity contribution in [1.29, 1.82) is 0 Å². The van der Waals surface area contributed by atoms with Crippen LogP contribution in [-0.2, 0) is 11.5 Å². The minimum absolute atomic E-state index is 0.511. The van der Waals surface area contributed by atoms with Gasteiger partial charge in [0.15, 0.2) is 0 Å². The van der Waals surface area contributed by atoms with E-state index in [0.29, 0.717) is 23.2 Å². The zero-order valence-electron chi connectivity index (χ0n) is 11.7. The van der Waals surface area contributed by atoms with Crippen molar-refractivity contribution in [3.8, 4) is 22.8 Å². The summed E-state index contributed by atoms with van der Waals surface area (Å²) in [5, 5.41) is 16.9. The van der Waals surface area contributed by atoms with Crippen LogP contribution in [0, 0.1) is 0 Å². The monoisotopic (exact) mass is 326 g/mol. The summed E-state index contributed by atoms with van der Waals surface area (Å²) < 4.78 is 0. The number of hydrogen-bond acceptors (Lipinski definition) is 6. The Balaban J connectivity index is 2.00. The van der Waals surface area contributed by atoms with Crippen LogP contribution in [0.4, 0.5) is 0 Å². The van der Waals surface area contributed by atoms with Gasteiger partial charge in [-0.25, -0.2) is 0 Å². The number of thiol groups is 2. The van der Waals surface area contributed by atoms with Gasteiger partial charge in [0.2, 0.25) is 11.6 Å². The van der Waals surface area contributed by atoms with Crippen molar-refractivity contribution in [2.24, 2.45) is 0 Å². The molecule has 0 aliphatic rings. The van der Waals surface area contributed by atoms with Crippen LogP contribution in [0.3, 0.4) is 0 Å². The van der Waals surface area contributed by atoms with E-state index in [1.54, 1.807) is 0 Å². The zero-order chi connectivity index (χ0) is 15.4. The lowest BCUT2D eigenvalue weighted by Crippen LogP contribution is -2.02. The Labute approximate surface area is 139 Å². The van der Waals surface area contributed by atoms with Gasteiger partial charge in [0.1, 0.15) is 0 Å². The lowest BCUT2D eigenvalue weighted by molar-refractivity contribution is 0.873. The lowest BCUT2D eigenvalue weighted by atomic mass is 10.1. The Bertz CT molecular complexity index is 709. The molecule has 0 amide bonds. The number of hydrogen-bond donors (Lipinski definition) is 2. The van der Waals surface area contributed by atoms with E-state index >= 15 is 0 Å². The van der Waals surface area contributed by atoms with Crippen LogP contribution in [0.2, 0.25) is 0 Å². The molecule has 0 bridgehead atoms. The molecule has 4 nitrogen and oxygen atoms in total. The van der Waals surface area contributed by atoms with E-state index in [-0.39, 0.29) is 0 Å². The number of nitrogens with zero attached hydrogens (tertiary/aromatic N) is 4. The average Bonchev–Trinajstić information content (AvgIpc) is 2.62. The average molecular weight is 326 g/mol. The minimum Gasteiger partial charge on any atom is -0.175 e. The molecule has 2 aromatic carbocycles. The largest absolute Gasteiger partial charge is 0.203 e. The fraction of sp³-hybridized carbons (Fsp3) is 0.125. The predicted molar refractivity (Wildman–Crippen MR) is 93.9 cm³/mol. The summed E-state index contributed by atoms with van der Waals surface area (Å²) in [5.74, 6) is 2.25. The van der Waals surface area contributed by atoms with Crippen LogP contribution >= 0.6 is 25.3 Å². The van der Waals surface area contributed by atoms with E-state index in [0.717, 1.165) is 22.3 Å². The van der Waals surface area contributed by atoms with Gasteiger partial charge in [-0.3, -0.25) is 0 Å². The molecule has 22 heavy (non-hydrogen) atoms. The molecule has 0 saturated carbocycles. The highest BCUT2D eigenvalue weighted by Gasteiger charge is 2.11. The summed E-state index contributed by atoms with van der Waals surface area (Å²) >= 11 is 8.66. The van der Waals surface area contributed by atoms with E-state index in [9.17, 15) is 0 Å². The van der Waals surface area contributed by atoms with Crippen LogP contribution in [0.5, 0.6) is 0 Å². The second kappa shape index (κ2) is 6.89. The molecule has 1 heterocycles. The smallest absolute Gasteiger partial charge is 0.175 e. The van der Waals surface area contributed by atoms with Crippen LogP contribution in [0.15, 0.2) is 48.5 Å². The topological polar surface area (TPSA) is 51.6 Å². The predicted octanol–water partition coefficient (Wildman–Crippen LogP) is 3.46. The molecule has 3 rings (SSSR count). The number of benzene rings is 2. The fourth-order valence-electron chi connectivity index (χ4n) is 2.20. The fourth-order valence-corrected chi connectivity index (χ4v) is 2.75. The zero-order valence-corrected chi connectivity index (χ0v) is 13.5. The van der Waals surface area contributed by atoms with E-state index in [1.807, 2.05) is 48.5 Å². The van der Waals surface area contributed by atoms with Crippen LogP contribution in [0.25, 0.3) is 22.8 Å². The third-order valence-corrected chi connectivity index (χ3v) is 4.02. The summed E-state index contributed by atoms with van der Waals surface area (Å²) in [6, 6.07) is 15.7. The Morgan fingerprint density at radius 2 is 0.955 bits per heavy atom. The second-order valence-electron chi connectivity index (χ2n) is 4.68. The number of aromatic nitrogens is 4. The van der Waals surface area contributed by atoms with E-state index in [4.69, 9.17) is 0 Å². The maximum Gasteiger partial charge on any atom is 0.203 e. The van der Waals surface area contributed by atoms with Gasteiger partial charge in [0.05, 0.1) is 0 Å². The van der Waals surface area contributed by atoms with Gasteiger partial charge in [-0.15, -0.1) is 20.4 Å². The van der Waals surface area contributed by atoms with Crippen molar-refractivity contribution in [2.45, 2.75) is 11.5 Å². The van der Waals surface area contributed by atoms with E-state index in [1.165, 1.54) is 0 Å². The standard InChI is InChI=1S/C16H14N4S2/c21-9-11-5-1-3-7-13(11)15-17-19-16(20-18-15)14-8-4-2-6-12(14)10-22/h1-8,21-22H,9-10H2. The quantitative estimate of drug-likeness (QED) is 0.721. The van der Waals surface area contributed by atoms with Crippen molar-refractivity contribution < 1.29 is 0 Å². The second-order valence-corrected chi connectivity index (χ2v) is 5.31. The first-order valence-corrected chi connectivity index (χ1v) is 8.05. The van der Waals surface area contributed by atoms with Gasteiger partial charge in [-0.05, 0) is 11.1 Å². The minimum atomic E-state index is 0.511. The Morgan fingerprint density at radius 1 is 0.591 bits per heavy atom. The van der Waals surface area contributed by atoms with Crippen molar-refractivity contribution >= 4 is 25.3 Å². The molecule has 0 spiro atoms. The van der Waals surface area contributed by atoms with E-state index < -0.39 is 0 Å². The van der Waals surface area contributed by atoms with Gasteiger partial charge in [-0.1, -0.05) is 48.5 Å². The van der Waals surface area contributed by atoms with Crippen molar-refractivity contribution in [3.63, 3.8) is 0 Å². The molecule has 0 N–H and O–H groups in total. The van der Waals surface area contributed by atoms with Crippen LogP contribution in [-0.4, -0.2) is 20.4 Å². The first kappa shape index (κ1) is 15.0. The van der Waals surface area contributed by atoms with Crippen molar-refractivity contribution in [2.75, 3.05) is 0 Å². The third kappa shape index (κ3) is 2.98. The third-order valence-electron chi connectivity index (χ3n) is 3.34. The number of rotatable bonds is 4. The molecule has 0 unspecified atom stereocenters. The molecule has 0 saturated heterocycles. The van der Waals surface area contributed by atoms with Gasteiger partial charge in [0, 0.05) is 22.6 Å². The molecule has 1 aromatic heterocycles. The normalized spacial score (nSPS) is 10.6. The molecule has 6 heteroatoms. The molecule has 110 valence electrons. The highest BCUT2D eigenvalue weighted by Crippen LogP contribution is 2.23. The molecule has 0 aliphatic carbocycles. The molecular weight excluding hydrogens is 312 g/mol. The summed E-state index contributed by atoms with van der Waals surface area (Å²) in [6.45, 7) is 0. The molecule has 0 atom stereocenters. The maximum atomic E-state index is 4.33. The Hall–Kier alpha value is -1.92. The lowest BCUT2D eigenvalue weighted by Gasteiger charge is -2.06. The van der Waals surface area contributed by atoms with Gasteiger partial charge >= 0.3 is 0 Å². The molecule has 0 aliphatic heterocycles. The Kier molecular flexibility index (Phi) is 4.70. The molecule has 0 radical (unpaired) electrons. The first-order valence-electron chi connectivity index (χ1n) is 6.79. The summed E-state index contributed by atoms with van der Waals surface area (Å²) in [4.78, 5) is 0. The highest BCUT2D eigenvalue weighted by atomic mass is 32.1. The van der Waals surface area contributed by atoms with Crippen LogP contribution in [0.1, 0.15) is 11.1 Å². The van der Waals surface area contributed by atoms with Gasteiger partial charge in [-0.2, -0.15) is 25.3 Å². The summed E-state index contributed by atoms with van der Waals surface area (Å²) in [7, 11) is 0. The molecule has 3 aromatic rings. The van der Waals surface area contributed by atoms with Gasteiger partial charge in [0.25, 0.3) is 0 Å². The summed E-state index contributed by atoms with van der Waals surface area (Å²) in [5.41, 5.74) is 3.92. The molecular formula is C16H14N4S2. The highest BCUT2D eigenvalue weighted by molar-refractivity contribution is 7.79. The van der Waals surface area contributed by atoms with Crippen LogP contribution < -0.4 is 0 Å². The SMILES string of the molecule is SCc1ccccc1-c1nnc(-c2ccccc2CS)nn1. The van der Waals surface area contributed by atoms with Crippen molar-refractivity contribution in [3.05, 3.63) is 59.7 Å². The molecule has 0 fully saturated rings. The first-order chi connectivity index (χ1) is 10.8. The van der Waals surface area contributed by atoms with Crippen molar-refractivity contribution in [1.82, 2.24) is 20.4 Å². The summed E-state index contributed by atoms with van der Waals surface area (Å²) in [6.07, 6.45) is 0. The van der Waals surface area contributed by atoms with Gasteiger partial charge < -0.3 is 0 Å². The maximum absolute atomic E-state index is 4.33. The Morgan fingerprint density at radius 3 is 1.32 bits per heavy atom. The van der Waals surface area contributed by atoms with E-state index in [2.05, 4.69) is 45.7 Å².